The first kappa shape index (κ1) is 21.2. The third-order valence-electron chi connectivity index (χ3n) is 5.80. The molecule has 0 saturated heterocycles. The first-order valence-corrected chi connectivity index (χ1v) is 10.4. The van der Waals surface area contributed by atoms with Crippen molar-refractivity contribution in [2.75, 3.05) is 18.0 Å². The fourth-order valence-electron chi connectivity index (χ4n) is 4.09. The van der Waals surface area contributed by atoms with Crippen molar-refractivity contribution in [3.8, 4) is 0 Å². The molecule has 1 aromatic rings. The Bertz CT molecular complexity index is 784. The topological polar surface area (TPSA) is 92.5 Å². The van der Waals surface area contributed by atoms with Crippen molar-refractivity contribution >= 4 is 34.0 Å². The maximum Gasteiger partial charge on any atom is 0.241 e. The van der Waals surface area contributed by atoms with Crippen LogP contribution in [-0.4, -0.2) is 33.0 Å². The summed E-state index contributed by atoms with van der Waals surface area (Å²) >= 11 is 0. The molecule has 1 amide bonds. The monoisotopic (exact) mass is 401 g/mol. The van der Waals surface area contributed by atoms with E-state index in [0.717, 1.165) is 37.7 Å². The molecule has 1 saturated carbocycles. The number of carbonyl (C=O) groups is 1. The van der Waals surface area contributed by atoms with Gasteiger partial charge in [0.1, 0.15) is 0 Å². The van der Waals surface area contributed by atoms with E-state index in [1.807, 2.05) is 6.07 Å². The molecular weight excluding hydrogens is 374 g/mol. The molecule has 2 atom stereocenters. The summed E-state index contributed by atoms with van der Waals surface area (Å²) in [6.45, 7) is 4.46. The molecule has 3 N–H and O–H groups in total. The lowest BCUT2D eigenvalue weighted by Crippen LogP contribution is -2.58. The van der Waals surface area contributed by atoms with Gasteiger partial charge in [0, 0.05) is 31.2 Å². The normalized spacial score (nSPS) is 25.5. The third kappa shape index (κ3) is 3.76. The second-order valence-corrected chi connectivity index (χ2v) is 9.01. The average molecular weight is 402 g/mol. The first-order chi connectivity index (χ1) is 11.8. The fraction of sp³-hybridized carbons (Fsp3) is 0.611. The Balaban J connectivity index is 0.00000243. The lowest BCUT2D eigenvalue weighted by Gasteiger charge is -2.42. The number of rotatable bonds is 4. The van der Waals surface area contributed by atoms with Crippen molar-refractivity contribution in [3.05, 3.63) is 23.8 Å². The zero-order valence-electron chi connectivity index (χ0n) is 15.3. The molecular formula is C18H28ClN3O3S. The summed E-state index contributed by atoms with van der Waals surface area (Å²) < 4.78 is 28.9. The highest BCUT2D eigenvalue weighted by atomic mass is 35.5. The molecule has 1 fully saturated rings. The van der Waals surface area contributed by atoms with Crippen molar-refractivity contribution in [2.45, 2.75) is 56.4 Å². The lowest BCUT2D eigenvalue weighted by molar-refractivity contribution is -0.116. The van der Waals surface area contributed by atoms with Crippen molar-refractivity contribution in [1.29, 1.82) is 0 Å². The number of fused-ring (bicyclic) bond motifs is 1. The Hall–Kier alpha value is -1.15. The van der Waals surface area contributed by atoms with Gasteiger partial charge in [0.2, 0.25) is 15.9 Å². The Morgan fingerprint density at radius 2 is 2.12 bits per heavy atom. The molecule has 2 aliphatic rings. The van der Waals surface area contributed by atoms with E-state index < -0.39 is 15.6 Å². The van der Waals surface area contributed by atoms with E-state index in [2.05, 4.69) is 11.6 Å². The van der Waals surface area contributed by atoms with Gasteiger partial charge >= 0.3 is 0 Å². The molecule has 0 bridgehead atoms. The van der Waals surface area contributed by atoms with Gasteiger partial charge in [-0.05, 0) is 42.9 Å². The molecule has 8 heteroatoms. The van der Waals surface area contributed by atoms with Gasteiger partial charge < -0.3 is 10.6 Å². The minimum atomic E-state index is -3.70. The minimum Gasteiger partial charge on any atom is -0.329 e. The van der Waals surface area contributed by atoms with E-state index in [0.29, 0.717) is 12.2 Å². The highest BCUT2D eigenvalue weighted by Gasteiger charge is 2.40. The summed E-state index contributed by atoms with van der Waals surface area (Å²) in [6.07, 6.45) is 4.58. The molecule has 3 rings (SSSR count). The van der Waals surface area contributed by atoms with Crippen molar-refractivity contribution in [1.82, 2.24) is 4.72 Å². The number of carbonyl (C=O) groups excluding carboxylic acids is 1. The Morgan fingerprint density at radius 1 is 1.38 bits per heavy atom. The standard InChI is InChI=1S/C18H27N3O3S.ClH/c1-13-5-3-4-9-18(13,12-19)20-25(23,24)16-7-6-15-8-10-21(14(2)22)17(15)11-16;/h6-7,11,13,20H,3-5,8-10,12,19H2,1-2H3;1H. The summed E-state index contributed by atoms with van der Waals surface area (Å²) in [7, 11) is -3.70. The second kappa shape index (κ2) is 7.84. The summed E-state index contributed by atoms with van der Waals surface area (Å²) in [6, 6.07) is 5.05. The summed E-state index contributed by atoms with van der Waals surface area (Å²) in [5, 5.41) is 0. The number of nitrogens with one attached hydrogen (secondary N) is 1. The molecule has 0 aromatic heterocycles. The molecule has 1 aliphatic carbocycles. The van der Waals surface area contributed by atoms with Gasteiger partial charge in [0.25, 0.3) is 0 Å². The van der Waals surface area contributed by atoms with Gasteiger partial charge in [-0.25, -0.2) is 13.1 Å². The van der Waals surface area contributed by atoms with Crippen LogP contribution in [0.3, 0.4) is 0 Å². The van der Waals surface area contributed by atoms with E-state index in [-0.39, 0.29) is 35.7 Å². The number of nitrogens with two attached hydrogens (primary N) is 1. The van der Waals surface area contributed by atoms with Crippen molar-refractivity contribution in [2.24, 2.45) is 11.7 Å². The second-order valence-electron chi connectivity index (χ2n) is 7.32. The van der Waals surface area contributed by atoms with Crippen LogP contribution in [0.2, 0.25) is 0 Å². The molecule has 146 valence electrons. The van der Waals surface area contributed by atoms with Gasteiger partial charge in [-0.3, -0.25) is 4.79 Å². The van der Waals surface area contributed by atoms with Crippen LogP contribution in [0.1, 0.15) is 45.1 Å². The largest absolute Gasteiger partial charge is 0.329 e. The first-order valence-electron chi connectivity index (χ1n) is 8.94. The van der Waals surface area contributed by atoms with Crippen LogP contribution < -0.4 is 15.4 Å². The zero-order valence-corrected chi connectivity index (χ0v) is 17.0. The Kier molecular flexibility index (Phi) is 6.38. The summed E-state index contributed by atoms with van der Waals surface area (Å²) in [4.78, 5) is 13.6. The maximum absolute atomic E-state index is 13.0. The summed E-state index contributed by atoms with van der Waals surface area (Å²) in [5.74, 6) is 0.129. The predicted molar refractivity (Wildman–Crippen MR) is 105 cm³/mol. The molecule has 0 radical (unpaired) electrons. The molecule has 1 aromatic carbocycles. The molecule has 2 unspecified atom stereocenters. The van der Waals surface area contributed by atoms with Crippen LogP contribution in [0.25, 0.3) is 0 Å². The van der Waals surface area contributed by atoms with Crippen molar-refractivity contribution in [3.63, 3.8) is 0 Å². The maximum atomic E-state index is 13.0. The quantitative estimate of drug-likeness (QED) is 0.808. The average Bonchev–Trinajstić information content (AvgIpc) is 3.00. The van der Waals surface area contributed by atoms with Gasteiger partial charge in [-0.2, -0.15) is 0 Å². The number of nitrogens with zero attached hydrogens (tertiary/aromatic N) is 1. The molecule has 1 aliphatic heterocycles. The Morgan fingerprint density at radius 3 is 2.73 bits per heavy atom. The van der Waals surface area contributed by atoms with Crippen LogP contribution in [0.4, 0.5) is 5.69 Å². The van der Waals surface area contributed by atoms with Crippen LogP contribution in [0.5, 0.6) is 0 Å². The number of anilines is 1. The number of benzene rings is 1. The third-order valence-corrected chi connectivity index (χ3v) is 7.35. The molecule has 1 heterocycles. The molecule has 6 nitrogen and oxygen atoms in total. The number of amides is 1. The van der Waals surface area contributed by atoms with E-state index >= 15 is 0 Å². The van der Waals surface area contributed by atoms with Gasteiger partial charge in [-0.15, -0.1) is 12.4 Å². The number of hydrogen-bond donors (Lipinski definition) is 2. The minimum absolute atomic E-state index is 0. The Labute approximate surface area is 162 Å². The zero-order chi connectivity index (χ0) is 18.2. The molecule has 0 spiro atoms. The van der Waals surface area contributed by atoms with E-state index in [9.17, 15) is 13.2 Å². The van der Waals surface area contributed by atoms with Gasteiger partial charge in [0.15, 0.2) is 0 Å². The molecule has 26 heavy (non-hydrogen) atoms. The van der Waals surface area contributed by atoms with E-state index in [1.165, 1.54) is 6.92 Å². The highest BCUT2D eigenvalue weighted by molar-refractivity contribution is 7.89. The van der Waals surface area contributed by atoms with E-state index in [4.69, 9.17) is 5.73 Å². The van der Waals surface area contributed by atoms with Crippen LogP contribution in [-0.2, 0) is 21.2 Å². The number of hydrogen-bond acceptors (Lipinski definition) is 4. The predicted octanol–water partition coefficient (Wildman–Crippen LogP) is 2.20. The highest BCUT2D eigenvalue weighted by Crippen LogP contribution is 2.35. The number of halogens is 1. The smallest absolute Gasteiger partial charge is 0.241 e. The van der Waals surface area contributed by atoms with Crippen LogP contribution in [0, 0.1) is 5.92 Å². The number of sulfonamides is 1. The van der Waals surface area contributed by atoms with Crippen molar-refractivity contribution < 1.29 is 13.2 Å². The van der Waals surface area contributed by atoms with Gasteiger partial charge in [-0.1, -0.05) is 25.8 Å². The fourth-order valence-corrected chi connectivity index (χ4v) is 5.64. The lowest BCUT2D eigenvalue weighted by atomic mass is 9.74. The SMILES string of the molecule is CC(=O)N1CCc2ccc(S(=O)(=O)NC3(CN)CCCCC3C)cc21.Cl. The van der Waals surface area contributed by atoms with E-state index in [1.54, 1.807) is 17.0 Å². The summed E-state index contributed by atoms with van der Waals surface area (Å²) in [5.41, 5.74) is 7.11. The van der Waals surface area contributed by atoms with Crippen LogP contribution in [0.15, 0.2) is 23.1 Å². The van der Waals surface area contributed by atoms with Gasteiger partial charge in [0.05, 0.1) is 4.90 Å². The van der Waals surface area contributed by atoms with Crippen LogP contribution >= 0.6 is 12.4 Å².